The lowest BCUT2D eigenvalue weighted by atomic mass is 10.2. The molecule has 0 bridgehead atoms. The summed E-state index contributed by atoms with van der Waals surface area (Å²) in [5.74, 6) is -0.349. The monoisotopic (exact) mass is 397 g/mol. The molecule has 0 saturated carbocycles. The summed E-state index contributed by atoms with van der Waals surface area (Å²) in [4.78, 5) is 25.4. The van der Waals surface area contributed by atoms with Gasteiger partial charge in [0.05, 0.1) is 0 Å². The first kappa shape index (κ1) is 16.3. The number of esters is 1. The van der Waals surface area contributed by atoms with Gasteiger partial charge < -0.3 is 9.47 Å². The van der Waals surface area contributed by atoms with Crippen LogP contribution in [0, 0.1) is 0 Å². The number of anilines is 1. The molecule has 2 heterocycles. The Kier molecular flexibility index (Phi) is 4.59. The lowest BCUT2D eigenvalue weighted by Crippen LogP contribution is -2.35. The van der Waals surface area contributed by atoms with Crippen LogP contribution in [0.4, 0.5) is 9.80 Å². The standard InChI is InChI=1S/C16H16BrNO4S/c1-3-5-14(19)21-15-9(2)18(16(20)22-15)13-8-10-11(17)6-4-7-12(10)23-13/h4,6-9,15H,3,5H2,1-2H3/t9?,15-/m1/s1. The second-order valence-corrected chi connectivity index (χ2v) is 7.26. The van der Waals surface area contributed by atoms with Crippen LogP contribution in [-0.4, -0.2) is 24.4 Å². The quantitative estimate of drug-likeness (QED) is 0.702. The Hall–Kier alpha value is -1.60. The first-order valence-electron chi connectivity index (χ1n) is 7.38. The molecule has 1 aromatic carbocycles. The predicted molar refractivity (Wildman–Crippen MR) is 92.7 cm³/mol. The highest BCUT2D eigenvalue weighted by Crippen LogP contribution is 2.39. The van der Waals surface area contributed by atoms with E-state index in [2.05, 4.69) is 15.9 Å². The highest BCUT2D eigenvalue weighted by Gasteiger charge is 2.42. The molecule has 0 aliphatic carbocycles. The summed E-state index contributed by atoms with van der Waals surface area (Å²) >= 11 is 5.02. The van der Waals surface area contributed by atoms with Crippen molar-refractivity contribution in [3.05, 3.63) is 28.7 Å². The van der Waals surface area contributed by atoms with Crippen LogP contribution in [0.2, 0.25) is 0 Å². The van der Waals surface area contributed by atoms with Crippen molar-refractivity contribution in [2.75, 3.05) is 4.90 Å². The third kappa shape index (κ3) is 3.07. The molecule has 0 radical (unpaired) electrons. The zero-order valence-corrected chi connectivity index (χ0v) is 15.1. The molecule has 1 fully saturated rings. The molecule has 0 spiro atoms. The van der Waals surface area contributed by atoms with Gasteiger partial charge in [-0.2, -0.15) is 0 Å². The van der Waals surface area contributed by atoms with Gasteiger partial charge in [-0.3, -0.25) is 9.69 Å². The van der Waals surface area contributed by atoms with Gasteiger partial charge in [-0.15, -0.1) is 11.3 Å². The molecule has 2 atom stereocenters. The number of carbonyl (C=O) groups is 2. The molecule has 1 saturated heterocycles. The van der Waals surface area contributed by atoms with E-state index in [1.807, 2.05) is 38.1 Å². The van der Waals surface area contributed by atoms with E-state index in [0.29, 0.717) is 12.8 Å². The number of rotatable bonds is 4. The first-order valence-corrected chi connectivity index (χ1v) is 8.99. The van der Waals surface area contributed by atoms with Crippen molar-refractivity contribution in [1.82, 2.24) is 0 Å². The van der Waals surface area contributed by atoms with Crippen molar-refractivity contribution in [2.45, 2.75) is 39.0 Å². The Labute approximate surface area is 146 Å². The number of halogens is 1. The maximum atomic E-state index is 12.2. The van der Waals surface area contributed by atoms with Crippen molar-refractivity contribution in [1.29, 1.82) is 0 Å². The largest absolute Gasteiger partial charge is 0.423 e. The number of fused-ring (bicyclic) bond motifs is 1. The van der Waals surface area contributed by atoms with E-state index >= 15 is 0 Å². The Morgan fingerprint density at radius 1 is 1.48 bits per heavy atom. The van der Waals surface area contributed by atoms with E-state index < -0.39 is 12.4 Å². The van der Waals surface area contributed by atoms with Gasteiger partial charge in [0.2, 0.25) is 0 Å². The second-order valence-electron chi connectivity index (χ2n) is 5.34. The summed E-state index contributed by atoms with van der Waals surface area (Å²) in [6.07, 6.45) is -0.344. The molecule has 3 rings (SSSR count). The molecule has 7 heteroatoms. The van der Waals surface area contributed by atoms with Crippen LogP contribution >= 0.6 is 27.3 Å². The topological polar surface area (TPSA) is 55.8 Å². The number of hydrogen-bond donors (Lipinski definition) is 0. The van der Waals surface area contributed by atoms with Gasteiger partial charge in [0, 0.05) is 21.0 Å². The number of hydrogen-bond acceptors (Lipinski definition) is 5. The number of nitrogens with zero attached hydrogens (tertiary/aromatic N) is 1. The summed E-state index contributed by atoms with van der Waals surface area (Å²) < 4.78 is 12.5. The van der Waals surface area contributed by atoms with Crippen LogP contribution in [0.1, 0.15) is 26.7 Å². The first-order chi connectivity index (χ1) is 11.0. The summed E-state index contributed by atoms with van der Waals surface area (Å²) in [6, 6.07) is 7.49. The smallest absolute Gasteiger partial charge is 0.418 e. The van der Waals surface area contributed by atoms with E-state index in [1.165, 1.54) is 11.3 Å². The summed E-state index contributed by atoms with van der Waals surface area (Å²) in [6.45, 7) is 3.71. The Morgan fingerprint density at radius 3 is 2.96 bits per heavy atom. The third-order valence-corrected chi connectivity index (χ3v) is 5.44. The minimum atomic E-state index is -0.866. The normalized spacial score (nSPS) is 20.8. The molecule has 1 aliphatic heterocycles. The number of ether oxygens (including phenoxy) is 2. The van der Waals surface area contributed by atoms with Gasteiger partial charge in [-0.1, -0.05) is 28.9 Å². The molecule has 5 nitrogen and oxygen atoms in total. The molecule has 2 aromatic rings. The summed E-state index contributed by atoms with van der Waals surface area (Å²) in [5.41, 5.74) is 0. The Morgan fingerprint density at radius 2 is 2.26 bits per heavy atom. The number of amides is 1. The van der Waals surface area contributed by atoms with Gasteiger partial charge in [0.15, 0.2) is 0 Å². The number of thiophene rings is 1. The molecule has 0 N–H and O–H groups in total. The second kappa shape index (κ2) is 6.49. The van der Waals surface area contributed by atoms with Gasteiger partial charge in [-0.25, -0.2) is 4.79 Å². The van der Waals surface area contributed by atoms with Gasteiger partial charge in [-0.05, 0) is 31.5 Å². The van der Waals surface area contributed by atoms with E-state index in [0.717, 1.165) is 19.6 Å². The summed E-state index contributed by atoms with van der Waals surface area (Å²) in [5, 5.41) is 1.82. The molecular formula is C16H16BrNO4S. The Balaban J connectivity index is 1.85. The fourth-order valence-electron chi connectivity index (χ4n) is 2.48. The van der Waals surface area contributed by atoms with Crippen molar-refractivity contribution in [3.8, 4) is 0 Å². The highest BCUT2D eigenvalue weighted by molar-refractivity contribution is 9.10. The fraction of sp³-hybridized carbons (Fsp3) is 0.375. The SMILES string of the molecule is CCCC(=O)O[C@@H]1OC(=O)N(c2cc3c(Br)cccc3s2)C1C. The lowest BCUT2D eigenvalue weighted by Gasteiger charge is -2.18. The maximum absolute atomic E-state index is 12.2. The summed E-state index contributed by atoms with van der Waals surface area (Å²) in [7, 11) is 0. The predicted octanol–water partition coefficient (Wildman–Crippen LogP) is 4.68. The van der Waals surface area contributed by atoms with Gasteiger partial charge in [0.1, 0.15) is 11.0 Å². The number of carbonyl (C=O) groups excluding carboxylic acids is 2. The molecule has 1 amide bonds. The number of benzene rings is 1. The lowest BCUT2D eigenvalue weighted by molar-refractivity contribution is -0.165. The minimum Gasteiger partial charge on any atom is -0.423 e. The van der Waals surface area contributed by atoms with Crippen LogP contribution in [0.15, 0.2) is 28.7 Å². The van der Waals surface area contributed by atoms with E-state index in [9.17, 15) is 9.59 Å². The van der Waals surface area contributed by atoms with E-state index in [-0.39, 0.29) is 12.0 Å². The molecule has 23 heavy (non-hydrogen) atoms. The van der Waals surface area contributed by atoms with Crippen LogP contribution in [0.3, 0.4) is 0 Å². The van der Waals surface area contributed by atoms with Crippen LogP contribution in [0.25, 0.3) is 10.1 Å². The molecule has 1 unspecified atom stereocenters. The average molecular weight is 398 g/mol. The molecule has 1 aromatic heterocycles. The van der Waals surface area contributed by atoms with Crippen molar-refractivity contribution in [2.24, 2.45) is 0 Å². The maximum Gasteiger partial charge on any atom is 0.418 e. The molecule has 122 valence electrons. The third-order valence-electron chi connectivity index (χ3n) is 3.65. The molecule has 1 aliphatic rings. The minimum absolute atomic E-state index is 0.316. The zero-order chi connectivity index (χ0) is 16.6. The van der Waals surface area contributed by atoms with Crippen LogP contribution < -0.4 is 4.90 Å². The van der Waals surface area contributed by atoms with Crippen LogP contribution in [0.5, 0.6) is 0 Å². The van der Waals surface area contributed by atoms with Crippen molar-refractivity contribution in [3.63, 3.8) is 0 Å². The zero-order valence-electron chi connectivity index (χ0n) is 12.7. The average Bonchev–Trinajstić information content (AvgIpc) is 3.02. The van der Waals surface area contributed by atoms with Crippen molar-refractivity contribution < 1.29 is 19.1 Å². The Bertz CT molecular complexity index is 760. The van der Waals surface area contributed by atoms with Gasteiger partial charge in [0.25, 0.3) is 6.29 Å². The van der Waals surface area contributed by atoms with Gasteiger partial charge >= 0.3 is 12.1 Å². The number of cyclic esters (lactones) is 1. The fourth-order valence-corrected chi connectivity index (χ4v) is 4.26. The van der Waals surface area contributed by atoms with Crippen molar-refractivity contribution >= 4 is 54.4 Å². The van der Waals surface area contributed by atoms with E-state index in [1.54, 1.807) is 4.90 Å². The molecular weight excluding hydrogens is 382 g/mol. The highest BCUT2D eigenvalue weighted by atomic mass is 79.9. The van der Waals surface area contributed by atoms with E-state index in [4.69, 9.17) is 9.47 Å². The van der Waals surface area contributed by atoms with Crippen LogP contribution in [-0.2, 0) is 14.3 Å².